The summed E-state index contributed by atoms with van der Waals surface area (Å²) in [5, 5.41) is 12.0. The Bertz CT molecular complexity index is 450. The highest BCUT2D eigenvalue weighted by molar-refractivity contribution is 5.73. The molecule has 1 aromatic carbocycles. The first-order valence-electron chi connectivity index (χ1n) is 7.76. The number of nitrogens with one attached hydrogen (secondary N) is 1. The Hall–Kier alpha value is -1.39. The number of aliphatic carboxylic acids is 1. The molecule has 0 aliphatic carbocycles. The van der Waals surface area contributed by atoms with Crippen molar-refractivity contribution in [3.8, 4) is 0 Å². The molecular weight excluding hydrogens is 264 g/mol. The maximum atomic E-state index is 11.1. The summed E-state index contributed by atoms with van der Waals surface area (Å²) < 4.78 is 0. The van der Waals surface area contributed by atoms with E-state index in [2.05, 4.69) is 41.4 Å². The first-order chi connectivity index (χ1) is 10.1. The van der Waals surface area contributed by atoms with Crippen molar-refractivity contribution in [3.63, 3.8) is 0 Å². The van der Waals surface area contributed by atoms with Gasteiger partial charge in [-0.3, -0.25) is 9.69 Å². The van der Waals surface area contributed by atoms with Gasteiger partial charge in [0.1, 0.15) is 6.04 Å². The Balaban J connectivity index is 1.77. The average Bonchev–Trinajstić information content (AvgIpc) is 2.48. The summed E-state index contributed by atoms with van der Waals surface area (Å²) in [7, 11) is 1.73. The van der Waals surface area contributed by atoms with E-state index in [4.69, 9.17) is 5.11 Å². The number of benzene rings is 1. The van der Waals surface area contributed by atoms with Gasteiger partial charge in [-0.2, -0.15) is 0 Å². The van der Waals surface area contributed by atoms with Gasteiger partial charge in [0.05, 0.1) is 0 Å². The van der Waals surface area contributed by atoms with Crippen LogP contribution in [0.4, 0.5) is 0 Å². The van der Waals surface area contributed by atoms with Crippen molar-refractivity contribution in [2.24, 2.45) is 5.92 Å². The van der Waals surface area contributed by atoms with E-state index >= 15 is 0 Å². The van der Waals surface area contributed by atoms with Crippen LogP contribution in [0, 0.1) is 12.8 Å². The molecule has 116 valence electrons. The number of piperidine rings is 1. The van der Waals surface area contributed by atoms with Gasteiger partial charge in [0.15, 0.2) is 0 Å². The van der Waals surface area contributed by atoms with E-state index in [0.717, 1.165) is 38.9 Å². The summed E-state index contributed by atoms with van der Waals surface area (Å²) in [6.07, 6.45) is 2.93. The molecule has 0 saturated carbocycles. The van der Waals surface area contributed by atoms with Gasteiger partial charge in [0, 0.05) is 6.54 Å². The van der Waals surface area contributed by atoms with Crippen LogP contribution in [0.3, 0.4) is 0 Å². The number of carboxylic acid groups (broad SMARTS) is 1. The molecule has 2 rings (SSSR count). The third-order valence-corrected chi connectivity index (χ3v) is 4.45. The molecule has 1 aliphatic heterocycles. The van der Waals surface area contributed by atoms with Gasteiger partial charge in [-0.1, -0.05) is 29.8 Å². The molecule has 0 bridgehead atoms. The lowest BCUT2D eigenvalue weighted by atomic mass is 9.90. The second-order valence-electron chi connectivity index (χ2n) is 6.12. The number of carbonyl (C=O) groups is 1. The van der Waals surface area contributed by atoms with Crippen molar-refractivity contribution in [1.29, 1.82) is 0 Å². The van der Waals surface area contributed by atoms with Crippen LogP contribution >= 0.6 is 0 Å². The third-order valence-electron chi connectivity index (χ3n) is 4.45. The predicted octanol–water partition coefficient (Wildman–Crippen LogP) is 2.27. The summed E-state index contributed by atoms with van der Waals surface area (Å²) in [5.74, 6) is -0.215. The lowest BCUT2D eigenvalue weighted by Gasteiger charge is -2.33. The molecular formula is C17H26N2O2. The molecule has 1 fully saturated rings. The number of rotatable bonds is 6. The van der Waals surface area contributed by atoms with E-state index in [1.54, 1.807) is 7.05 Å². The van der Waals surface area contributed by atoms with Crippen LogP contribution in [0.1, 0.15) is 30.4 Å². The quantitative estimate of drug-likeness (QED) is 0.844. The second-order valence-corrected chi connectivity index (χ2v) is 6.12. The Morgan fingerprint density at radius 3 is 2.48 bits per heavy atom. The zero-order valence-corrected chi connectivity index (χ0v) is 13.0. The van der Waals surface area contributed by atoms with E-state index in [0.29, 0.717) is 5.92 Å². The van der Waals surface area contributed by atoms with Gasteiger partial charge in [0.25, 0.3) is 0 Å². The topological polar surface area (TPSA) is 52.6 Å². The fourth-order valence-corrected chi connectivity index (χ4v) is 3.01. The van der Waals surface area contributed by atoms with Gasteiger partial charge in [-0.25, -0.2) is 0 Å². The minimum absolute atomic E-state index is 0.404. The molecule has 4 heteroatoms. The number of nitrogens with zero attached hydrogens (tertiary/aromatic N) is 1. The van der Waals surface area contributed by atoms with Crippen LogP contribution in [-0.2, 0) is 11.3 Å². The van der Waals surface area contributed by atoms with Crippen molar-refractivity contribution >= 4 is 5.97 Å². The average molecular weight is 290 g/mol. The molecule has 0 spiro atoms. The van der Waals surface area contributed by atoms with Crippen LogP contribution < -0.4 is 5.32 Å². The van der Waals surface area contributed by atoms with Gasteiger partial charge < -0.3 is 10.4 Å². The summed E-state index contributed by atoms with van der Waals surface area (Å²) in [5.41, 5.74) is 2.65. The molecule has 0 aromatic heterocycles. The van der Waals surface area contributed by atoms with Crippen molar-refractivity contribution in [2.45, 2.75) is 38.8 Å². The first-order valence-corrected chi connectivity index (χ1v) is 7.76. The van der Waals surface area contributed by atoms with Gasteiger partial charge in [-0.05, 0) is 57.8 Å². The third kappa shape index (κ3) is 4.83. The van der Waals surface area contributed by atoms with Crippen LogP contribution in [-0.4, -0.2) is 42.2 Å². The summed E-state index contributed by atoms with van der Waals surface area (Å²) >= 11 is 0. The lowest BCUT2D eigenvalue weighted by Crippen LogP contribution is -2.39. The molecule has 0 amide bonds. The minimum atomic E-state index is -0.736. The molecule has 21 heavy (non-hydrogen) atoms. The molecule has 1 aliphatic rings. The van der Waals surface area contributed by atoms with Gasteiger partial charge in [-0.15, -0.1) is 0 Å². The fraction of sp³-hybridized carbons (Fsp3) is 0.588. The molecule has 4 nitrogen and oxygen atoms in total. The van der Waals surface area contributed by atoms with Gasteiger partial charge in [0.2, 0.25) is 0 Å². The van der Waals surface area contributed by atoms with Crippen molar-refractivity contribution < 1.29 is 9.90 Å². The second kappa shape index (κ2) is 7.57. The fourth-order valence-electron chi connectivity index (χ4n) is 3.01. The standard InChI is InChI=1S/C17H26N2O2/c1-13-3-5-15(6-4-13)12-19-9-7-14(8-10-19)11-16(18-2)17(20)21/h3-6,14,16,18H,7-12H2,1-2H3,(H,20,21). The Morgan fingerprint density at radius 1 is 1.33 bits per heavy atom. The Kier molecular flexibility index (Phi) is 5.76. The molecule has 2 N–H and O–H groups in total. The highest BCUT2D eigenvalue weighted by atomic mass is 16.4. The first kappa shape index (κ1) is 16.0. The van der Waals surface area contributed by atoms with Gasteiger partial charge >= 0.3 is 5.97 Å². The minimum Gasteiger partial charge on any atom is -0.480 e. The molecule has 1 aromatic rings. The number of hydrogen-bond donors (Lipinski definition) is 2. The van der Waals surface area contributed by atoms with Crippen LogP contribution in [0.5, 0.6) is 0 Å². The van der Waals surface area contributed by atoms with Crippen molar-refractivity contribution in [1.82, 2.24) is 10.2 Å². The van der Waals surface area contributed by atoms with Crippen LogP contribution in [0.15, 0.2) is 24.3 Å². The molecule has 1 saturated heterocycles. The van der Waals surface area contributed by atoms with E-state index in [-0.39, 0.29) is 0 Å². The summed E-state index contributed by atoms with van der Waals surface area (Å²) in [6, 6.07) is 8.31. The molecule has 1 heterocycles. The molecule has 1 unspecified atom stereocenters. The number of likely N-dealkylation sites (N-methyl/N-ethyl adjacent to an activating group) is 1. The number of hydrogen-bond acceptors (Lipinski definition) is 3. The van der Waals surface area contributed by atoms with E-state index in [1.165, 1.54) is 11.1 Å². The Morgan fingerprint density at radius 2 is 1.95 bits per heavy atom. The zero-order valence-electron chi connectivity index (χ0n) is 13.0. The van der Waals surface area contributed by atoms with E-state index < -0.39 is 12.0 Å². The summed E-state index contributed by atoms with van der Waals surface area (Å²) in [6.45, 7) is 5.24. The molecule has 1 atom stereocenters. The summed E-state index contributed by atoms with van der Waals surface area (Å²) in [4.78, 5) is 13.5. The highest BCUT2D eigenvalue weighted by Gasteiger charge is 2.24. The van der Waals surface area contributed by atoms with E-state index in [1.807, 2.05) is 0 Å². The SMILES string of the molecule is CNC(CC1CCN(Cc2ccc(C)cc2)CC1)C(=O)O. The lowest BCUT2D eigenvalue weighted by molar-refractivity contribution is -0.139. The van der Waals surface area contributed by atoms with Crippen molar-refractivity contribution in [3.05, 3.63) is 35.4 Å². The zero-order chi connectivity index (χ0) is 15.2. The maximum absolute atomic E-state index is 11.1. The smallest absolute Gasteiger partial charge is 0.320 e. The number of likely N-dealkylation sites (tertiary alicyclic amines) is 1. The van der Waals surface area contributed by atoms with Crippen LogP contribution in [0.25, 0.3) is 0 Å². The number of carboxylic acids is 1. The number of aryl methyl sites for hydroxylation is 1. The molecule has 0 radical (unpaired) electrons. The maximum Gasteiger partial charge on any atom is 0.320 e. The van der Waals surface area contributed by atoms with Crippen LogP contribution in [0.2, 0.25) is 0 Å². The Labute approximate surface area is 127 Å². The normalized spacial score (nSPS) is 18.6. The largest absolute Gasteiger partial charge is 0.480 e. The van der Waals surface area contributed by atoms with E-state index in [9.17, 15) is 4.79 Å². The van der Waals surface area contributed by atoms with Crippen molar-refractivity contribution in [2.75, 3.05) is 20.1 Å². The predicted molar refractivity (Wildman–Crippen MR) is 84.3 cm³/mol. The monoisotopic (exact) mass is 290 g/mol. The highest BCUT2D eigenvalue weighted by Crippen LogP contribution is 2.23.